The molecular weight excluding hydrogens is 166 g/mol. The van der Waals surface area contributed by atoms with Crippen LogP contribution in [0.1, 0.15) is 27.7 Å². The fourth-order valence-corrected chi connectivity index (χ4v) is 1.29. The molecule has 0 radical (unpaired) electrons. The van der Waals surface area contributed by atoms with Gasteiger partial charge in [0.1, 0.15) is 0 Å². The summed E-state index contributed by atoms with van der Waals surface area (Å²) in [7, 11) is 0. The molecule has 1 aliphatic heterocycles. The molecule has 3 heteroatoms. The van der Waals surface area contributed by atoms with Crippen LogP contribution in [-0.2, 0) is 9.47 Å². The molecule has 1 heterocycles. The average molecular weight is 187 g/mol. The number of rotatable bonds is 4. The van der Waals surface area contributed by atoms with Gasteiger partial charge in [-0.05, 0) is 0 Å². The highest BCUT2D eigenvalue weighted by Gasteiger charge is 2.27. The van der Waals surface area contributed by atoms with Gasteiger partial charge in [0.25, 0.3) is 0 Å². The summed E-state index contributed by atoms with van der Waals surface area (Å²) in [4.78, 5) is 0. The smallest absolute Gasteiger partial charge is 0.160 e. The van der Waals surface area contributed by atoms with Crippen LogP contribution in [0.4, 0.5) is 0 Å². The summed E-state index contributed by atoms with van der Waals surface area (Å²) in [6, 6.07) is 0.515. The third-order valence-electron chi connectivity index (χ3n) is 2.07. The maximum absolute atomic E-state index is 5.69. The average Bonchev–Trinajstić information content (AvgIpc) is 2.48. The minimum atomic E-state index is -0.000961. The highest BCUT2D eigenvalue weighted by atomic mass is 16.7. The molecule has 0 spiro atoms. The largest absolute Gasteiger partial charge is 0.350 e. The van der Waals surface area contributed by atoms with E-state index < -0.39 is 0 Å². The van der Waals surface area contributed by atoms with E-state index in [0.717, 1.165) is 13.2 Å². The molecule has 0 bridgehead atoms. The standard InChI is InChI=1S/C10H21NO2/c1-7(2)10-12-6-9(13-10)5-11-8(3)4/h7-11H,5-6H2,1-4H3. The molecule has 0 aromatic heterocycles. The lowest BCUT2D eigenvalue weighted by Crippen LogP contribution is -2.33. The molecule has 2 atom stereocenters. The maximum Gasteiger partial charge on any atom is 0.160 e. The number of ether oxygens (including phenoxy) is 2. The highest BCUT2D eigenvalue weighted by Crippen LogP contribution is 2.17. The molecule has 78 valence electrons. The van der Waals surface area contributed by atoms with Crippen molar-refractivity contribution in [2.45, 2.75) is 46.1 Å². The van der Waals surface area contributed by atoms with Crippen LogP contribution in [-0.4, -0.2) is 31.6 Å². The first-order chi connectivity index (χ1) is 6.09. The van der Waals surface area contributed by atoms with Gasteiger partial charge in [-0.25, -0.2) is 0 Å². The van der Waals surface area contributed by atoms with Crippen molar-refractivity contribution in [2.75, 3.05) is 13.2 Å². The first-order valence-electron chi connectivity index (χ1n) is 5.10. The van der Waals surface area contributed by atoms with E-state index in [1.165, 1.54) is 0 Å². The van der Waals surface area contributed by atoms with Crippen LogP contribution < -0.4 is 5.32 Å². The van der Waals surface area contributed by atoms with Crippen molar-refractivity contribution in [3.05, 3.63) is 0 Å². The van der Waals surface area contributed by atoms with E-state index in [0.29, 0.717) is 12.0 Å². The fourth-order valence-electron chi connectivity index (χ4n) is 1.29. The molecule has 0 aromatic carbocycles. The van der Waals surface area contributed by atoms with Gasteiger partial charge >= 0.3 is 0 Å². The topological polar surface area (TPSA) is 30.5 Å². The molecule has 0 saturated carbocycles. The molecule has 1 saturated heterocycles. The molecule has 3 nitrogen and oxygen atoms in total. The zero-order chi connectivity index (χ0) is 9.84. The van der Waals surface area contributed by atoms with E-state index >= 15 is 0 Å². The Morgan fingerprint density at radius 3 is 2.46 bits per heavy atom. The Bertz CT molecular complexity index is 148. The Morgan fingerprint density at radius 2 is 2.00 bits per heavy atom. The summed E-state index contributed by atoms with van der Waals surface area (Å²) in [5.41, 5.74) is 0. The molecule has 1 aliphatic rings. The molecule has 1 N–H and O–H groups in total. The van der Waals surface area contributed by atoms with Crippen LogP contribution in [0.5, 0.6) is 0 Å². The Hall–Kier alpha value is -0.120. The molecule has 0 aromatic rings. The Morgan fingerprint density at radius 1 is 1.31 bits per heavy atom. The quantitative estimate of drug-likeness (QED) is 0.721. The van der Waals surface area contributed by atoms with Crippen molar-refractivity contribution in [1.29, 1.82) is 0 Å². The van der Waals surface area contributed by atoms with E-state index in [-0.39, 0.29) is 12.4 Å². The summed E-state index contributed by atoms with van der Waals surface area (Å²) >= 11 is 0. The third-order valence-corrected chi connectivity index (χ3v) is 2.07. The van der Waals surface area contributed by atoms with Crippen LogP contribution >= 0.6 is 0 Å². The monoisotopic (exact) mass is 187 g/mol. The predicted molar refractivity (Wildman–Crippen MR) is 52.6 cm³/mol. The zero-order valence-electron chi connectivity index (χ0n) is 9.04. The SMILES string of the molecule is CC(C)NCC1COC(C(C)C)O1. The highest BCUT2D eigenvalue weighted by molar-refractivity contribution is 4.70. The number of nitrogens with one attached hydrogen (secondary N) is 1. The minimum absolute atomic E-state index is 0.000961. The van der Waals surface area contributed by atoms with Crippen LogP contribution in [0.15, 0.2) is 0 Å². The van der Waals surface area contributed by atoms with Crippen LogP contribution in [0.2, 0.25) is 0 Å². The lowest BCUT2D eigenvalue weighted by atomic mass is 10.2. The maximum atomic E-state index is 5.69. The van der Waals surface area contributed by atoms with Crippen molar-refractivity contribution in [1.82, 2.24) is 5.32 Å². The molecule has 2 unspecified atom stereocenters. The Kier molecular flexibility index (Phi) is 4.16. The second-order valence-electron chi connectivity index (χ2n) is 4.27. The van der Waals surface area contributed by atoms with Gasteiger partial charge < -0.3 is 14.8 Å². The van der Waals surface area contributed by atoms with Gasteiger partial charge in [0.15, 0.2) is 6.29 Å². The lowest BCUT2D eigenvalue weighted by Gasteiger charge is -2.15. The molecule has 1 rings (SSSR count). The fraction of sp³-hybridized carbons (Fsp3) is 1.00. The van der Waals surface area contributed by atoms with Gasteiger partial charge in [-0.1, -0.05) is 27.7 Å². The Balaban J connectivity index is 2.17. The lowest BCUT2D eigenvalue weighted by molar-refractivity contribution is -0.0867. The summed E-state index contributed by atoms with van der Waals surface area (Å²) < 4.78 is 11.2. The molecule has 0 amide bonds. The summed E-state index contributed by atoms with van der Waals surface area (Å²) in [6.07, 6.45) is 0.230. The van der Waals surface area contributed by atoms with Crippen molar-refractivity contribution < 1.29 is 9.47 Å². The first kappa shape index (κ1) is 11.0. The molecule has 1 fully saturated rings. The van der Waals surface area contributed by atoms with Crippen molar-refractivity contribution in [2.24, 2.45) is 5.92 Å². The van der Waals surface area contributed by atoms with E-state index in [1.54, 1.807) is 0 Å². The number of hydrogen-bond donors (Lipinski definition) is 1. The summed E-state index contributed by atoms with van der Waals surface area (Å²) in [5, 5.41) is 3.34. The molecular formula is C10H21NO2. The van der Waals surface area contributed by atoms with Crippen molar-refractivity contribution >= 4 is 0 Å². The van der Waals surface area contributed by atoms with Gasteiger partial charge in [0.05, 0.1) is 12.7 Å². The first-order valence-corrected chi connectivity index (χ1v) is 5.10. The normalized spacial score (nSPS) is 29.1. The van der Waals surface area contributed by atoms with Crippen LogP contribution in [0, 0.1) is 5.92 Å². The van der Waals surface area contributed by atoms with Gasteiger partial charge in [0, 0.05) is 18.5 Å². The van der Waals surface area contributed by atoms with Crippen molar-refractivity contribution in [3.63, 3.8) is 0 Å². The third kappa shape index (κ3) is 3.63. The van der Waals surface area contributed by atoms with E-state index in [1.807, 2.05) is 0 Å². The zero-order valence-corrected chi connectivity index (χ0v) is 9.04. The molecule has 13 heavy (non-hydrogen) atoms. The van der Waals surface area contributed by atoms with Crippen molar-refractivity contribution in [3.8, 4) is 0 Å². The molecule has 0 aliphatic carbocycles. The van der Waals surface area contributed by atoms with Crippen LogP contribution in [0.25, 0.3) is 0 Å². The second kappa shape index (κ2) is 4.94. The van der Waals surface area contributed by atoms with E-state index in [4.69, 9.17) is 9.47 Å². The summed E-state index contributed by atoms with van der Waals surface area (Å²) in [5.74, 6) is 0.448. The van der Waals surface area contributed by atoms with E-state index in [2.05, 4.69) is 33.0 Å². The van der Waals surface area contributed by atoms with Crippen LogP contribution in [0.3, 0.4) is 0 Å². The van der Waals surface area contributed by atoms with E-state index in [9.17, 15) is 0 Å². The van der Waals surface area contributed by atoms with Gasteiger partial charge in [-0.15, -0.1) is 0 Å². The summed E-state index contributed by atoms with van der Waals surface area (Å²) in [6.45, 7) is 10.1. The second-order valence-corrected chi connectivity index (χ2v) is 4.27. The minimum Gasteiger partial charge on any atom is -0.350 e. The van der Waals surface area contributed by atoms with Gasteiger partial charge in [0.2, 0.25) is 0 Å². The number of hydrogen-bond acceptors (Lipinski definition) is 3. The van der Waals surface area contributed by atoms with Gasteiger partial charge in [-0.3, -0.25) is 0 Å². The van der Waals surface area contributed by atoms with Gasteiger partial charge in [-0.2, -0.15) is 0 Å². The Labute approximate surface area is 80.8 Å². The predicted octanol–water partition coefficient (Wildman–Crippen LogP) is 1.38.